The first kappa shape index (κ1) is 13.6. The van der Waals surface area contributed by atoms with Gasteiger partial charge in [-0.25, -0.2) is 4.98 Å². The van der Waals surface area contributed by atoms with Crippen molar-refractivity contribution in [2.75, 3.05) is 6.54 Å². The molecule has 1 saturated carbocycles. The van der Waals surface area contributed by atoms with Crippen molar-refractivity contribution in [2.24, 2.45) is 0 Å². The highest BCUT2D eigenvalue weighted by Crippen LogP contribution is 2.31. The molecule has 100 valence electrons. The van der Waals surface area contributed by atoms with Crippen LogP contribution in [0.5, 0.6) is 0 Å². The lowest BCUT2D eigenvalue weighted by atomic mass is 9.98. The van der Waals surface area contributed by atoms with E-state index < -0.39 is 5.60 Å². The topological polar surface area (TPSA) is 62.2 Å². The number of amides is 1. The lowest BCUT2D eigenvalue weighted by molar-refractivity contribution is -0.125. The summed E-state index contributed by atoms with van der Waals surface area (Å²) in [6, 6.07) is 5.51. The molecular formula is C15H18N2O2. The zero-order chi connectivity index (χ0) is 13.6. The first-order chi connectivity index (χ1) is 9.18. The molecule has 1 heterocycles. The molecule has 0 aliphatic heterocycles. The number of hydrogen-bond acceptors (Lipinski definition) is 3. The van der Waals surface area contributed by atoms with E-state index in [2.05, 4.69) is 22.1 Å². The van der Waals surface area contributed by atoms with E-state index in [1.807, 2.05) is 18.2 Å². The Balaban J connectivity index is 1.74. The number of rotatable bonds is 3. The minimum Gasteiger partial charge on any atom is -0.389 e. The van der Waals surface area contributed by atoms with Gasteiger partial charge in [-0.2, -0.15) is 0 Å². The standard InChI is InChI=1S/C15H18N2O2/c18-14(12-15(19)8-2-3-9-15)17-11-5-7-13-6-1-4-10-16-13/h1,4,6,10,19H,2-3,8-9,11-12H2,(H,17,18). The Morgan fingerprint density at radius 2 is 2.21 bits per heavy atom. The van der Waals surface area contributed by atoms with Crippen molar-refractivity contribution >= 4 is 5.91 Å². The molecule has 2 N–H and O–H groups in total. The van der Waals surface area contributed by atoms with Crippen LogP contribution in [-0.4, -0.2) is 28.1 Å². The fraction of sp³-hybridized carbons (Fsp3) is 0.467. The molecule has 0 radical (unpaired) electrons. The third-order valence-electron chi connectivity index (χ3n) is 3.28. The summed E-state index contributed by atoms with van der Waals surface area (Å²) in [4.78, 5) is 15.7. The Morgan fingerprint density at radius 1 is 1.42 bits per heavy atom. The highest BCUT2D eigenvalue weighted by molar-refractivity contribution is 5.77. The van der Waals surface area contributed by atoms with Crippen molar-refractivity contribution in [1.29, 1.82) is 0 Å². The SMILES string of the molecule is O=C(CC1(O)CCCC1)NCC#Cc1ccccn1. The average molecular weight is 258 g/mol. The Bertz CT molecular complexity index is 482. The van der Waals surface area contributed by atoms with E-state index in [0.29, 0.717) is 5.69 Å². The van der Waals surface area contributed by atoms with Crippen LogP contribution in [0.3, 0.4) is 0 Å². The molecule has 1 aromatic heterocycles. The predicted molar refractivity (Wildman–Crippen MR) is 72.2 cm³/mol. The molecule has 1 aliphatic carbocycles. The number of aliphatic hydroxyl groups is 1. The summed E-state index contributed by atoms with van der Waals surface area (Å²) >= 11 is 0. The van der Waals surface area contributed by atoms with E-state index in [9.17, 15) is 9.90 Å². The van der Waals surface area contributed by atoms with Crippen molar-refractivity contribution in [1.82, 2.24) is 10.3 Å². The van der Waals surface area contributed by atoms with Gasteiger partial charge in [0.05, 0.1) is 18.6 Å². The third kappa shape index (κ3) is 4.38. The summed E-state index contributed by atoms with van der Waals surface area (Å²) in [5.41, 5.74) is -0.107. The average Bonchev–Trinajstić information content (AvgIpc) is 2.82. The lowest BCUT2D eigenvalue weighted by Crippen LogP contribution is -2.34. The van der Waals surface area contributed by atoms with Crippen LogP contribution >= 0.6 is 0 Å². The Hall–Kier alpha value is -1.86. The van der Waals surface area contributed by atoms with E-state index in [0.717, 1.165) is 25.7 Å². The van der Waals surface area contributed by atoms with E-state index in [1.165, 1.54) is 0 Å². The second-order valence-electron chi connectivity index (χ2n) is 4.90. The predicted octanol–water partition coefficient (Wildman–Crippen LogP) is 1.24. The minimum absolute atomic E-state index is 0.139. The highest BCUT2D eigenvalue weighted by atomic mass is 16.3. The number of nitrogens with one attached hydrogen (secondary N) is 1. The molecule has 4 nitrogen and oxygen atoms in total. The zero-order valence-corrected chi connectivity index (χ0v) is 10.9. The molecule has 1 amide bonds. The Kier molecular flexibility index (Phi) is 4.53. The lowest BCUT2D eigenvalue weighted by Gasteiger charge is -2.20. The largest absolute Gasteiger partial charge is 0.389 e. The summed E-state index contributed by atoms with van der Waals surface area (Å²) in [6.45, 7) is 0.283. The normalized spacial score (nSPS) is 16.5. The van der Waals surface area contributed by atoms with Gasteiger partial charge < -0.3 is 10.4 Å². The number of carbonyl (C=O) groups is 1. The number of carbonyl (C=O) groups excluding carboxylic acids is 1. The molecule has 0 unspecified atom stereocenters. The van der Waals surface area contributed by atoms with Crippen LogP contribution in [0.25, 0.3) is 0 Å². The summed E-state index contributed by atoms with van der Waals surface area (Å²) < 4.78 is 0. The number of hydrogen-bond donors (Lipinski definition) is 2. The summed E-state index contributed by atoms with van der Waals surface area (Å²) in [7, 11) is 0. The van der Waals surface area contributed by atoms with Gasteiger partial charge in [-0.1, -0.05) is 24.8 Å². The molecule has 0 saturated heterocycles. The van der Waals surface area contributed by atoms with Crippen LogP contribution in [0.1, 0.15) is 37.8 Å². The van der Waals surface area contributed by atoms with Gasteiger partial charge in [0, 0.05) is 6.20 Å². The second kappa shape index (κ2) is 6.35. The molecule has 0 spiro atoms. The van der Waals surface area contributed by atoms with Gasteiger partial charge in [0.1, 0.15) is 5.69 Å². The van der Waals surface area contributed by atoms with Crippen LogP contribution in [-0.2, 0) is 4.79 Å². The molecule has 1 aromatic rings. The molecule has 19 heavy (non-hydrogen) atoms. The summed E-state index contributed by atoms with van der Waals surface area (Å²) in [6.07, 6.45) is 5.31. The molecule has 0 bridgehead atoms. The minimum atomic E-state index is -0.793. The third-order valence-corrected chi connectivity index (χ3v) is 3.28. The van der Waals surface area contributed by atoms with Crippen LogP contribution in [0.4, 0.5) is 0 Å². The van der Waals surface area contributed by atoms with E-state index >= 15 is 0 Å². The van der Waals surface area contributed by atoms with Gasteiger partial charge >= 0.3 is 0 Å². The first-order valence-electron chi connectivity index (χ1n) is 6.57. The van der Waals surface area contributed by atoms with E-state index in [4.69, 9.17) is 0 Å². The molecule has 4 heteroatoms. The van der Waals surface area contributed by atoms with Crippen molar-refractivity contribution in [3.63, 3.8) is 0 Å². The van der Waals surface area contributed by atoms with Gasteiger partial charge in [0.25, 0.3) is 0 Å². The van der Waals surface area contributed by atoms with Crippen LogP contribution in [0.2, 0.25) is 0 Å². The van der Waals surface area contributed by atoms with Gasteiger partial charge in [0.15, 0.2) is 0 Å². The van der Waals surface area contributed by atoms with Crippen LogP contribution in [0, 0.1) is 11.8 Å². The maximum atomic E-state index is 11.7. The van der Waals surface area contributed by atoms with Crippen molar-refractivity contribution in [2.45, 2.75) is 37.7 Å². The molecule has 2 rings (SSSR count). The Morgan fingerprint density at radius 3 is 2.89 bits per heavy atom. The van der Waals surface area contributed by atoms with Gasteiger partial charge in [0.2, 0.25) is 5.91 Å². The fourth-order valence-corrected chi connectivity index (χ4v) is 2.29. The van der Waals surface area contributed by atoms with Gasteiger partial charge in [-0.3, -0.25) is 4.79 Å². The molecule has 0 atom stereocenters. The smallest absolute Gasteiger partial charge is 0.223 e. The number of aromatic nitrogens is 1. The van der Waals surface area contributed by atoms with Crippen molar-refractivity contribution in [3.8, 4) is 11.8 Å². The first-order valence-corrected chi connectivity index (χ1v) is 6.57. The van der Waals surface area contributed by atoms with Crippen LogP contribution in [0.15, 0.2) is 24.4 Å². The number of nitrogens with zero attached hydrogens (tertiary/aromatic N) is 1. The van der Waals surface area contributed by atoms with Crippen LogP contribution < -0.4 is 5.32 Å². The van der Waals surface area contributed by atoms with Crippen molar-refractivity contribution in [3.05, 3.63) is 30.1 Å². The monoisotopic (exact) mass is 258 g/mol. The zero-order valence-electron chi connectivity index (χ0n) is 10.9. The summed E-state index contributed by atoms with van der Waals surface area (Å²) in [5, 5.41) is 12.8. The van der Waals surface area contributed by atoms with Crippen molar-refractivity contribution < 1.29 is 9.90 Å². The van der Waals surface area contributed by atoms with E-state index in [1.54, 1.807) is 6.20 Å². The Labute approximate surface area is 113 Å². The maximum Gasteiger partial charge on any atom is 0.223 e. The highest BCUT2D eigenvalue weighted by Gasteiger charge is 2.33. The quantitative estimate of drug-likeness (QED) is 0.802. The molecular weight excluding hydrogens is 240 g/mol. The second-order valence-corrected chi connectivity index (χ2v) is 4.90. The molecule has 1 fully saturated rings. The molecule has 1 aliphatic rings. The summed E-state index contributed by atoms with van der Waals surface area (Å²) in [5.74, 6) is 5.57. The fourth-order valence-electron chi connectivity index (χ4n) is 2.29. The molecule has 0 aromatic carbocycles. The number of pyridine rings is 1. The van der Waals surface area contributed by atoms with Gasteiger partial charge in [-0.15, -0.1) is 0 Å². The maximum absolute atomic E-state index is 11.7. The van der Waals surface area contributed by atoms with E-state index in [-0.39, 0.29) is 18.9 Å². The van der Waals surface area contributed by atoms with Gasteiger partial charge in [-0.05, 0) is 30.9 Å².